The maximum absolute atomic E-state index is 12.9. The Hall–Kier alpha value is -1.59. The number of rotatable bonds is 4. The van der Waals surface area contributed by atoms with Crippen molar-refractivity contribution in [3.63, 3.8) is 0 Å². The molecule has 0 unspecified atom stereocenters. The second-order valence-electron chi connectivity index (χ2n) is 5.69. The second-order valence-corrected chi connectivity index (χ2v) is 7.18. The third-order valence-corrected chi connectivity index (χ3v) is 5.00. The van der Waals surface area contributed by atoms with E-state index < -0.39 is 9.75 Å². The molecule has 0 radical (unpaired) electrons. The summed E-state index contributed by atoms with van der Waals surface area (Å²) in [6.07, 6.45) is 2.16. The van der Waals surface area contributed by atoms with E-state index in [1.807, 2.05) is 0 Å². The average Bonchev–Trinajstić information content (AvgIpc) is 2.80. The van der Waals surface area contributed by atoms with Gasteiger partial charge in [-0.3, -0.25) is 9.48 Å². The van der Waals surface area contributed by atoms with Crippen molar-refractivity contribution >= 4 is 34.9 Å². The Balaban J connectivity index is 1.64. The molecule has 1 aliphatic carbocycles. The van der Waals surface area contributed by atoms with Gasteiger partial charge in [-0.25, -0.2) is 4.39 Å². The Morgan fingerprint density at radius 2 is 2.00 bits per heavy atom. The molecule has 1 aromatic heterocycles. The number of anilines is 1. The quantitative estimate of drug-likeness (QED) is 0.863. The molecule has 1 fully saturated rings. The van der Waals surface area contributed by atoms with Gasteiger partial charge in [-0.1, -0.05) is 12.1 Å². The first-order valence-electron chi connectivity index (χ1n) is 6.77. The van der Waals surface area contributed by atoms with Crippen LogP contribution in [-0.2, 0) is 11.3 Å². The summed E-state index contributed by atoms with van der Waals surface area (Å²) >= 11 is 12.0. The summed E-state index contributed by atoms with van der Waals surface area (Å²) in [7, 11) is 0. The molecule has 0 spiro atoms. The number of carbonyl (C=O) groups excluding carboxylic acids is 1. The van der Waals surface area contributed by atoms with Crippen molar-refractivity contribution in [2.45, 2.75) is 24.2 Å². The molecule has 1 N–H and O–H groups in total. The number of hydrogen-bond donors (Lipinski definition) is 1. The van der Waals surface area contributed by atoms with Gasteiger partial charge in [0, 0.05) is 12.3 Å². The zero-order valence-corrected chi connectivity index (χ0v) is 13.3. The fourth-order valence-electron chi connectivity index (χ4n) is 2.19. The monoisotopic (exact) mass is 341 g/mol. The van der Waals surface area contributed by atoms with Gasteiger partial charge in [-0.2, -0.15) is 5.10 Å². The predicted octanol–water partition coefficient (Wildman–Crippen LogP) is 3.59. The van der Waals surface area contributed by atoms with Crippen molar-refractivity contribution in [2.75, 3.05) is 5.32 Å². The summed E-state index contributed by atoms with van der Waals surface area (Å²) in [6, 6.07) is 7.87. The number of aromatic nitrogens is 2. The van der Waals surface area contributed by atoms with Gasteiger partial charge >= 0.3 is 0 Å². The van der Waals surface area contributed by atoms with Gasteiger partial charge in [0.1, 0.15) is 10.2 Å². The fourth-order valence-corrected chi connectivity index (χ4v) is 2.90. The maximum Gasteiger partial charge on any atom is 0.234 e. The summed E-state index contributed by atoms with van der Waals surface area (Å²) < 4.78 is 13.5. The summed E-state index contributed by atoms with van der Waals surface area (Å²) in [5.74, 6) is -0.0885. The van der Waals surface area contributed by atoms with E-state index in [9.17, 15) is 9.18 Å². The van der Waals surface area contributed by atoms with E-state index in [2.05, 4.69) is 10.4 Å². The fraction of sp³-hybridized carbons (Fsp3) is 0.333. The van der Waals surface area contributed by atoms with Gasteiger partial charge in [0.05, 0.1) is 12.0 Å². The van der Waals surface area contributed by atoms with Crippen molar-refractivity contribution in [3.8, 4) is 0 Å². The third kappa shape index (κ3) is 2.83. The highest BCUT2D eigenvalue weighted by Gasteiger charge is 2.68. The van der Waals surface area contributed by atoms with Crippen LogP contribution in [0.25, 0.3) is 0 Å². The number of hydrogen-bond acceptors (Lipinski definition) is 2. The van der Waals surface area contributed by atoms with E-state index in [-0.39, 0.29) is 11.7 Å². The van der Waals surface area contributed by atoms with Crippen LogP contribution in [0.2, 0.25) is 0 Å². The summed E-state index contributed by atoms with van der Waals surface area (Å²) in [5.41, 5.74) is 0.133. The minimum atomic E-state index is -1.01. The number of halogens is 3. The second kappa shape index (κ2) is 5.25. The molecule has 1 saturated carbocycles. The highest BCUT2D eigenvalue weighted by Crippen LogP contribution is 2.64. The van der Waals surface area contributed by atoms with Crippen molar-refractivity contribution in [2.24, 2.45) is 5.41 Å². The molecule has 22 heavy (non-hydrogen) atoms. The van der Waals surface area contributed by atoms with Gasteiger partial charge in [-0.05, 0) is 31.0 Å². The third-order valence-electron chi connectivity index (χ3n) is 3.90. The minimum Gasteiger partial charge on any atom is -0.309 e. The molecule has 1 atom stereocenters. The van der Waals surface area contributed by atoms with Crippen LogP contribution in [0.5, 0.6) is 0 Å². The first kappa shape index (κ1) is 15.3. The molecule has 3 rings (SSSR count). The van der Waals surface area contributed by atoms with Crippen molar-refractivity contribution in [1.29, 1.82) is 0 Å². The van der Waals surface area contributed by atoms with Gasteiger partial charge in [-0.15, -0.1) is 23.2 Å². The van der Waals surface area contributed by atoms with Crippen molar-refractivity contribution < 1.29 is 9.18 Å². The lowest BCUT2D eigenvalue weighted by atomic mass is 10.1. The summed E-state index contributed by atoms with van der Waals surface area (Å²) in [5, 5.41) is 6.98. The molecular weight excluding hydrogens is 328 g/mol. The number of nitrogens with one attached hydrogen (secondary N) is 1. The van der Waals surface area contributed by atoms with Crippen LogP contribution in [0.4, 0.5) is 10.2 Å². The maximum atomic E-state index is 12.9. The number of nitrogens with zero attached hydrogens (tertiary/aromatic N) is 2. The first-order valence-corrected chi connectivity index (χ1v) is 7.53. The van der Waals surface area contributed by atoms with Gasteiger partial charge in [0.2, 0.25) is 5.91 Å². The molecule has 1 amide bonds. The topological polar surface area (TPSA) is 46.9 Å². The van der Waals surface area contributed by atoms with E-state index in [1.165, 1.54) is 12.1 Å². The molecular formula is C15H14Cl2FN3O. The number of alkyl halides is 2. The van der Waals surface area contributed by atoms with E-state index in [4.69, 9.17) is 23.2 Å². The molecule has 0 saturated heterocycles. The highest BCUT2D eigenvalue weighted by molar-refractivity contribution is 6.53. The predicted molar refractivity (Wildman–Crippen MR) is 83.5 cm³/mol. The molecule has 1 aliphatic rings. The molecule has 2 aromatic rings. The van der Waals surface area contributed by atoms with Gasteiger partial charge < -0.3 is 5.32 Å². The van der Waals surface area contributed by atoms with Crippen LogP contribution in [0.15, 0.2) is 36.5 Å². The van der Waals surface area contributed by atoms with Crippen LogP contribution in [0, 0.1) is 11.2 Å². The normalized spacial score (nSPS) is 22.4. The lowest BCUT2D eigenvalue weighted by Crippen LogP contribution is -2.26. The first-order chi connectivity index (χ1) is 10.3. The lowest BCUT2D eigenvalue weighted by Gasteiger charge is -2.10. The Bertz CT molecular complexity index is 714. The lowest BCUT2D eigenvalue weighted by molar-refractivity contribution is -0.120. The molecule has 0 aliphatic heterocycles. The average molecular weight is 342 g/mol. The Morgan fingerprint density at radius 3 is 2.59 bits per heavy atom. The van der Waals surface area contributed by atoms with Crippen molar-refractivity contribution in [1.82, 2.24) is 9.78 Å². The van der Waals surface area contributed by atoms with Gasteiger partial charge in [0.25, 0.3) is 0 Å². The molecule has 7 heteroatoms. The van der Waals surface area contributed by atoms with Crippen LogP contribution in [0.1, 0.15) is 18.9 Å². The van der Waals surface area contributed by atoms with E-state index in [1.54, 1.807) is 36.0 Å². The zero-order chi connectivity index (χ0) is 16.0. The minimum absolute atomic E-state index is 0.246. The van der Waals surface area contributed by atoms with Crippen LogP contribution in [-0.4, -0.2) is 20.0 Å². The van der Waals surface area contributed by atoms with Crippen LogP contribution < -0.4 is 5.32 Å². The Kier molecular flexibility index (Phi) is 3.65. The van der Waals surface area contributed by atoms with E-state index in [0.29, 0.717) is 18.8 Å². The summed E-state index contributed by atoms with van der Waals surface area (Å²) in [4.78, 5) is 12.1. The molecule has 1 aromatic carbocycles. The SMILES string of the molecule is C[C@@]1(C(=O)Nc2ccn(Cc3ccc(F)cc3)n2)CC1(Cl)Cl. The number of carbonyl (C=O) groups is 1. The van der Waals surface area contributed by atoms with E-state index >= 15 is 0 Å². The molecule has 4 nitrogen and oxygen atoms in total. The Morgan fingerprint density at radius 1 is 1.36 bits per heavy atom. The van der Waals surface area contributed by atoms with Crippen molar-refractivity contribution in [3.05, 3.63) is 47.9 Å². The number of benzene rings is 1. The van der Waals surface area contributed by atoms with E-state index in [0.717, 1.165) is 5.56 Å². The zero-order valence-electron chi connectivity index (χ0n) is 11.8. The van der Waals surface area contributed by atoms with Crippen LogP contribution in [0.3, 0.4) is 0 Å². The molecule has 0 bridgehead atoms. The molecule has 116 valence electrons. The highest BCUT2D eigenvalue weighted by atomic mass is 35.5. The van der Waals surface area contributed by atoms with Gasteiger partial charge in [0.15, 0.2) is 5.82 Å². The molecule has 1 heterocycles. The smallest absolute Gasteiger partial charge is 0.234 e. The Labute approximate surface area is 137 Å². The standard InChI is InChI=1S/C15H14Cl2FN3O/c1-14(9-15(14,16)17)13(22)19-12-6-7-21(20-12)8-10-2-4-11(18)5-3-10/h2-7H,8-9H2,1H3,(H,19,20,22)/t14-/m0/s1. The largest absolute Gasteiger partial charge is 0.309 e. The number of amides is 1. The summed E-state index contributed by atoms with van der Waals surface area (Å²) in [6.45, 7) is 2.21. The van der Waals surface area contributed by atoms with Crippen LogP contribution >= 0.6 is 23.2 Å².